The highest BCUT2D eigenvalue weighted by atomic mass is 16.2. The predicted octanol–water partition coefficient (Wildman–Crippen LogP) is 3.64. The van der Waals surface area contributed by atoms with Crippen molar-refractivity contribution in [1.82, 2.24) is 4.90 Å². The molecule has 0 spiro atoms. The van der Waals surface area contributed by atoms with E-state index in [2.05, 4.69) is 13.0 Å². The van der Waals surface area contributed by atoms with Gasteiger partial charge < -0.3 is 9.80 Å². The van der Waals surface area contributed by atoms with Gasteiger partial charge in [0.1, 0.15) is 0 Å². The van der Waals surface area contributed by atoms with Gasteiger partial charge in [-0.05, 0) is 49.7 Å². The van der Waals surface area contributed by atoms with Crippen LogP contribution in [-0.4, -0.2) is 36.3 Å². The van der Waals surface area contributed by atoms with E-state index in [4.69, 9.17) is 0 Å². The Kier molecular flexibility index (Phi) is 5.01. The predicted molar refractivity (Wildman–Crippen MR) is 103 cm³/mol. The Morgan fingerprint density at radius 2 is 1.65 bits per heavy atom. The number of benzene rings is 1. The van der Waals surface area contributed by atoms with Crippen molar-refractivity contribution in [3.63, 3.8) is 0 Å². The number of amides is 2. The maximum atomic E-state index is 13.4. The van der Waals surface area contributed by atoms with Crippen LogP contribution >= 0.6 is 0 Å². The van der Waals surface area contributed by atoms with Crippen LogP contribution in [0.2, 0.25) is 0 Å². The zero-order valence-corrected chi connectivity index (χ0v) is 15.8. The molecule has 1 aromatic rings. The van der Waals surface area contributed by atoms with E-state index in [9.17, 15) is 9.59 Å². The van der Waals surface area contributed by atoms with E-state index < -0.39 is 0 Å². The fourth-order valence-electron chi connectivity index (χ4n) is 5.11. The molecule has 2 amide bonds. The minimum Gasteiger partial charge on any atom is -0.342 e. The van der Waals surface area contributed by atoms with E-state index >= 15 is 0 Å². The summed E-state index contributed by atoms with van der Waals surface area (Å²) in [5.41, 5.74) is 2.31. The van der Waals surface area contributed by atoms with E-state index in [1.54, 1.807) is 0 Å². The summed E-state index contributed by atoms with van der Waals surface area (Å²) in [6.07, 6.45) is 7.09. The fourth-order valence-corrected chi connectivity index (χ4v) is 5.11. The number of carbonyl (C=O) groups excluding carboxylic acids is 2. The van der Waals surface area contributed by atoms with Crippen LogP contribution in [0.15, 0.2) is 24.3 Å². The summed E-state index contributed by atoms with van der Waals surface area (Å²) in [4.78, 5) is 30.6. The van der Waals surface area contributed by atoms with Crippen molar-refractivity contribution >= 4 is 17.5 Å². The third-order valence-electron chi connectivity index (χ3n) is 6.52. The Morgan fingerprint density at radius 1 is 0.923 bits per heavy atom. The van der Waals surface area contributed by atoms with E-state index in [-0.39, 0.29) is 23.7 Å². The largest absolute Gasteiger partial charge is 0.342 e. The molecule has 0 aromatic heterocycles. The summed E-state index contributed by atoms with van der Waals surface area (Å²) < 4.78 is 0. The quantitative estimate of drug-likeness (QED) is 0.813. The lowest BCUT2D eigenvalue weighted by molar-refractivity contribution is -0.144. The SMILES string of the molecule is C[C@@H]1CCCN(C(=O)[C@H]2CCCC[C@H]2C(=O)N2CCc3ccccc32)C1. The van der Waals surface area contributed by atoms with Gasteiger partial charge in [-0.3, -0.25) is 9.59 Å². The number of likely N-dealkylation sites (tertiary alicyclic amines) is 1. The summed E-state index contributed by atoms with van der Waals surface area (Å²) in [6, 6.07) is 8.20. The molecular weight excluding hydrogens is 324 g/mol. The van der Waals surface area contributed by atoms with Crippen molar-refractivity contribution in [1.29, 1.82) is 0 Å². The number of carbonyl (C=O) groups is 2. The van der Waals surface area contributed by atoms with Crippen molar-refractivity contribution < 1.29 is 9.59 Å². The number of hydrogen-bond donors (Lipinski definition) is 0. The van der Waals surface area contributed by atoms with Gasteiger partial charge >= 0.3 is 0 Å². The van der Waals surface area contributed by atoms with Crippen LogP contribution in [0.5, 0.6) is 0 Å². The maximum absolute atomic E-state index is 13.4. The van der Waals surface area contributed by atoms with E-state index in [0.717, 1.165) is 63.8 Å². The molecule has 2 aliphatic heterocycles. The molecule has 0 bridgehead atoms. The molecule has 3 atom stereocenters. The molecule has 4 rings (SSSR count). The zero-order valence-electron chi connectivity index (χ0n) is 15.8. The molecule has 3 aliphatic rings. The first-order valence-electron chi connectivity index (χ1n) is 10.3. The molecule has 2 heterocycles. The van der Waals surface area contributed by atoms with Crippen LogP contribution in [0.4, 0.5) is 5.69 Å². The molecule has 0 unspecified atom stereocenters. The second-order valence-corrected chi connectivity index (χ2v) is 8.40. The number of anilines is 1. The fraction of sp³-hybridized carbons (Fsp3) is 0.636. The first-order valence-corrected chi connectivity index (χ1v) is 10.3. The minimum absolute atomic E-state index is 0.116. The van der Waals surface area contributed by atoms with Crippen LogP contribution in [0.1, 0.15) is 51.0 Å². The van der Waals surface area contributed by atoms with Crippen molar-refractivity contribution in [2.75, 3.05) is 24.5 Å². The minimum atomic E-state index is -0.139. The molecule has 4 nitrogen and oxygen atoms in total. The van der Waals surface area contributed by atoms with Crippen LogP contribution in [0, 0.1) is 17.8 Å². The highest BCUT2D eigenvalue weighted by Gasteiger charge is 2.41. The number of hydrogen-bond acceptors (Lipinski definition) is 2. The van der Waals surface area contributed by atoms with Crippen LogP contribution in [0.3, 0.4) is 0 Å². The van der Waals surface area contributed by atoms with Crippen LogP contribution < -0.4 is 4.90 Å². The number of rotatable bonds is 2. The lowest BCUT2D eigenvalue weighted by atomic mass is 9.77. The summed E-state index contributed by atoms with van der Waals surface area (Å²) >= 11 is 0. The van der Waals surface area contributed by atoms with Crippen molar-refractivity contribution in [2.24, 2.45) is 17.8 Å². The van der Waals surface area contributed by atoms with Gasteiger partial charge in [0.2, 0.25) is 11.8 Å². The second-order valence-electron chi connectivity index (χ2n) is 8.40. The lowest BCUT2D eigenvalue weighted by Crippen LogP contribution is -2.48. The van der Waals surface area contributed by atoms with Crippen molar-refractivity contribution in [3.05, 3.63) is 29.8 Å². The molecule has 1 saturated heterocycles. The van der Waals surface area contributed by atoms with Gasteiger partial charge in [0.15, 0.2) is 0 Å². The number of nitrogens with zero attached hydrogens (tertiary/aromatic N) is 2. The van der Waals surface area contributed by atoms with Gasteiger partial charge in [-0.2, -0.15) is 0 Å². The summed E-state index contributed by atoms with van der Waals surface area (Å²) in [5, 5.41) is 0. The van der Waals surface area contributed by atoms with Crippen LogP contribution in [-0.2, 0) is 16.0 Å². The highest BCUT2D eigenvalue weighted by molar-refractivity contribution is 5.99. The Labute approximate surface area is 156 Å². The van der Waals surface area contributed by atoms with Gasteiger partial charge in [0, 0.05) is 31.2 Å². The molecule has 4 heteroatoms. The molecule has 2 fully saturated rings. The third-order valence-corrected chi connectivity index (χ3v) is 6.52. The topological polar surface area (TPSA) is 40.6 Å². The summed E-state index contributed by atoms with van der Waals surface area (Å²) in [5.74, 6) is 0.741. The molecule has 1 aromatic carbocycles. The zero-order chi connectivity index (χ0) is 18.1. The first-order chi connectivity index (χ1) is 12.6. The van der Waals surface area contributed by atoms with Gasteiger partial charge in [0.05, 0.1) is 5.92 Å². The highest BCUT2D eigenvalue weighted by Crippen LogP contribution is 2.37. The van der Waals surface area contributed by atoms with E-state index in [1.807, 2.05) is 28.0 Å². The Balaban J connectivity index is 1.52. The number of fused-ring (bicyclic) bond motifs is 1. The van der Waals surface area contributed by atoms with E-state index in [1.165, 1.54) is 12.0 Å². The summed E-state index contributed by atoms with van der Waals surface area (Å²) in [7, 11) is 0. The molecule has 140 valence electrons. The average Bonchev–Trinajstić information content (AvgIpc) is 3.11. The number of piperidine rings is 1. The van der Waals surface area contributed by atoms with E-state index in [0.29, 0.717) is 5.92 Å². The summed E-state index contributed by atoms with van der Waals surface area (Å²) in [6.45, 7) is 4.72. The van der Waals surface area contributed by atoms with Gasteiger partial charge in [-0.1, -0.05) is 38.0 Å². The number of para-hydroxylation sites is 1. The molecular formula is C22H30N2O2. The van der Waals surface area contributed by atoms with Crippen molar-refractivity contribution in [2.45, 2.75) is 51.9 Å². The lowest BCUT2D eigenvalue weighted by Gasteiger charge is -2.38. The Hall–Kier alpha value is -1.84. The standard InChI is InChI=1S/C22H30N2O2/c1-16-7-6-13-23(15-16)21(25)18-9-3-4-10-19(18)22(26)24-14-12-17-8-2-5-11-20(17)24/h2,5,8,11,16,18-19H,3-4,6-7,9-10,12-15H2,1H3/t16-,18+,19-/m1/s1. The normalized spacial score (nSPS) is 28.7. The first kappa shape index (κ1) is 17.6. The molecule has 1 aliphatic carbocycles. The smallest absolute Gasteiger partial charge is 0.230 e. The van der Waals surface area contributed by atoms with Crippen molar-refractivity contribution in [3.8, 4) is 0 Å². The average molecular weight is 354 g/mol. The molecule has 0 N–H and O–H groups in total. The van der Waals surface area contributed by atoms with Gasteiger partial charge in [-0.15, -0.1) is 0 Å². The monoisotopic (exact) mass is 354 g/mol. The van der Waals surface area contributed by atoms with Gasteiger partial charge in [-0.25, -0.2) is 0 Å². The third kappa shape index (κ3) is 3.26. The Bertz CT molecular complexity index is 686. The molecule has 26 heavy (non-hydrogen) atoms. The molecule has 1 saturated carbocycles. The maximum Gasteiger partial charge on any atom is 0.230 e. The van der Waals surface area contributed by atoms with Crippen LogP contribution in [0.25, 0.3) is 0 Å². The Morgan fingerprint density at radius 3 is 2.42 bits per heavy atom. The van der Waals surface area contributed by atoms with Gasteiger partial charge in [0.25, 0.3) is 0 Å². The second kappa shape index (κ2) is 7.42. The molecule has 0 radical (unpaired) electrons.